The van der Waals surface area contributed by atoms with E-state index in [0.717, 1.165) is 17.5 Å². The van der Waals surface area contributed by atoms with Gasteiger partial charge in [-0.1, -0.05) is 5.16 Å². The molecule has 1 saturated heterocycles. The van der Waals surface area contributed by atoms with E-state index in [1.54, 1.807) is 22.8 Å². The highest BCUT2D eigenvalue weighted by Gasteiger charge is 2.30. The average molecular weight is 343 g/mol. The van der Waals surface area contributed by atoms with Crippen molar-refractivity contribution in [3.05, 3.63) is 34.5 Å². The number of piperidine rings is 1. The van der Waals surface area contributed by atoms with Crippen LogP contribution >= 0.6 is 0 Å². The first-order chi connectivity index (χ1) is 12.1. The van der Waals surface area contributed by atoms with Gasteiger partial charge in [-0.25, -0.2) is 14.3 Å². The summed E-state index contributed by atoms with van der Waals surface area (Å²) in [5.74, 6) is 0.171. The predicted octanol–water partition coefficient (Wildman–Crippen LogP) is 0.299. The molecule has 3 aromatic heterocycles. The second kappa shape index (κ2) is 5.80. The number of amides is 1. The van der Waals surface area contributed by atoms with Crippen molar-refractivity contribution in [2.24, 2.45) is 7.05 Å². The van der Waals surface area contributed by atoms with Gasteiger partial charge in [0.05, 0.1) is 11.4 Å². The topological polar surface area (TPSA) is 112 Å². The summed E-state index contributed by atoms with van der Waals surface area (Å²) in [7, 11) is 1.50. The molecule has 1 amide bonds. The first-order valence-corrected chi connectivity index (χ1v) is 8.03. The van der Waals surface area contributed by atoms with E-state index in [0.29, 0.717) is 24.2 Å². The van der Waals surface area contributed by atoms with Gasteiger partial charge in [-0.2, -0.15) is 10.2 Å². The van der Waals surface area contributed by atoms with Crippen LogP contribution in [-0.2, 0) is 7.05 Å². The molecule has 25 heavy (non-hydrogen) atoms. The Hall–Kier alpha value is -3.04. The zero-order valence-electron chi connectivity index (χ0n) is 13.9. The Balaban J connectivity index is 1.71. The predicted molar refractivity (Wildman–Crippen MR) is 86.0 cm³/mol. The van der Waals surface area contributed by atoms with E-state index in [2.05, 4.69) is 20.3 Å². The number of carbonyl (C=O) groups excluding carboxylic acids is 1. The Morgan fingerprint density at radius 3 is 3.00 bits per heavy atom. The van der Waals surface area contributed by atoms with Crippen molar-refractivity contribution < 1.29 is 9.32 Å². The monoisotopic (exact) mass is 343 g/mol. The maximum absolute atomic E-state index is 13.1. The van der Waals surface area contributed by atoms with Gasteiger partial charge < -0.3 is 9.42 Å². The summed E-state index contributed by atoms with van der Waals surface area (Å²) in [4.78, 5) is 30.9. The zero-order chi connectivity index (χ0) is 17.6. The Morgan fingerprint density at radius 1 is 1.40 bits per heavy atom. The summed E-state index contributed by atoms with van der Waals surface area (Å²) in [5.41, 5.74) is -0.0687. The number of hydrogen-bond donors (Lipinski definition) is 0. The van der Waals surface area contributed by atoms with Crippen molar-refractivity contribution in [2.75, 3.05) is 13.1 Å². The Morgan fingerprint density at radius 2 is 2.24 bits per heavy atom. The Labute approximate surface area is 142 Å². The number of carbonyl (C=O) groups is 1. The van der Waals surface area contributed by atoms with Gasteiger partial charge >= 0.3 is 0 Å². The average Bonchev–Trinajstić information content (AvgIpc) is 3.28. The summed E-state index contributed by atoms with van der Waals surface area (Å²) in [6, 6.07) is 0.0757. The minimum absolute atomic E-state index is 0.0757. The second-order valence-electron chi connectivity index (χ2n) is 6.16. The molecule has 0 aromatic carbocycles. The highest BCUT2D eigenvalue weighted by atomic mass is 16.5. The SMILES string of the molecule is Cc1onc2c(=O)n(C)nc(C(=O)N3CCCC(n4cncn4)C3)c12. The summed E-state index contributed by atoms with van der Waals surface area (Å²) < 4.78 is 8.01. The van der Waals surface area contributed by atoms with Gasteiger partial charge in [0.1, 0.15) is 18.4 Å². The van der Waals surface area contributed by atoms with Crippen LogP contribution in [0.1, 0.15) is 35.1 Å². The van der Waals surface area contributed by atoms with Crippen molar-refractivity contribution in [1.82, 2.24) is 34.6 Å². The molecule has 10 nitrogen and oxygen atoms in total. The summed E-state index contributed by atoms with van der Waals surface area (Å²) in [6.07, 6.45) is 4.92. The minimum atomic E-state index is -0.387. The highest BCUT2D eigenvalue weighted by molar-refractivity contribution is 6.04. The van der Waals surface area contributed by atoms with Crippen LogP contribution in [0.5, 0.6) is 0 Å². The minimum Gasteiger partial charge on any atom is -0.360 e. The number of nitrogens with zero attached hydrogens (tertiary/aromatic N) is 7. The van der Waals surface area contributed by atoms with E-state index in [1.165, 1.54) is 13.4 Å². The van der Waals surface area contributed by atoms with Crippen LogP contribution in [0.2, 0.25) is 0 Å². The second-order valence-corrected chi connectivity index (χ2v) is 6.16. The van der Waals surface area contributed by atoms with Gasteiger partial charge in [0.2, 0.25) is 0 Å². The van der Waals surface area contributed by atoms with Gasteiger partial charge in [-0.15, -0.1) is 0 Å². The summed E-state index contributed by atoms with van der Waals surface area (Å²) in [6.45, 7) is 2.81. The number of rotatable bonds is 2. The van der Waals surface area contributed by atoms with Gasteiger partial charge in [0.25, 0.3) is 11.5 Å². The molecule has 3 aromatic rings. The molecule has 130 valence electrons. The van der Waals surface area contributed by atoms with Crippen LogP contribution in [0.25, 0.3) is 10.9 Å². The van der Waals surface area contributed by atoms with Crippen molar-refractivity contribution in [1.29, 1.82) is 0 Å². The van der Waals surface area contributed by atoms with Crippen LogP contribution in [0.15, 0.2) is 22.0 Å². The first-order valence-electron chi connectivity index (χ1n) is 8.03. The lowest BCUT2D eigenvalue weighted by Gasteiger charge is -2.32. The van der Waals surface area contributed by atoms with Crippen molar-refractivity contribution in [3.63, 3.8) is 0 Å². The molecule has 0 saturated carbocycles. The molecular formula is C15H17N7O3. The molecule has 10 heteroatoms. The molecule has 1 unspecified atom stereocenters. The first kappa shape index (κ1) is 15.5. The van der Waals surface area contributed by atoms with Gasteiger partial charge in [-0.3, -0.25) is 9.59 Å². The van der Waals surface area contributed by atoms with Crippen LogP contribution in [0, 0.1) is 6.92 Å². The molecule has 0 bridgehead atoms. The van der Waals surface area contributed by atoms with Gasteiger partial charge in [0, 0.05) is 20.1 Å². The molecule has 1 atom stereocenters. The van der Waals surface area contributed by atoms with Gasteiger partial charge in [0.15, 0.2) is 11.2 Å². The maximum atomic E-state index is 13.1. The molecular weight excluding hydrogens is 326 g/mol. The van der Waals surface area contributed by atoms with E-state index in [-0.39, 0.29) is 28.7 Å². The zero-order valence-corrected chi connectivity index (χ0v) is 13.9. The number of aromatic nitrogens is 6. The largest absolute Gasteiger partial charge is 0.360 e. The Bertz CT molecular complexity index is 989. The molecule has 4 heterocycles. The fraction of sp³-hybridized carbons (Fsp3) is 0.467. The van der Waals surface area contributed by atoms with E-state index >= 15 is 0 Å². The van der Waals surface area contributed by atoms with Crippen molar-refractivity contribution in [3.8, 4) is 0 Å². The normalized spacial score (nSPS) is 18.0. The maximum Gasteiger partial charge on any atom is 0.296 e. The number of fused-ring (bicyclic) bond motifs is 1. The number of aryl methyl sites for hydroxylation is 2. The van der Waals surface area contributed by atoms with E-state index in [1.807, 2.05) is 0 Å². The third-order valence-corrected chi connectivity index (χ3v) is 4.54. The van der Waals surface area contributed by atoms with E-state index in [9.17, 15) is 9.59 Å². The van der Waals surface area contributed by atoms with Crippen LogP contribution < -0.4 is 5.56 Å². The van der Waals surface area contributed by atoms with Crippen LogP contribution in [-0.4, -0.2) is 53.6 Å². The third-order valence-electron chi connectivity index (χ3n) is 4.54. The lowest BCUT2D eigenvalue weighted by Crippen LogP contribution is -2.42. The van der Waals surface area contributed by atoms with Crippen molar-refractivity contribution in [2.45, 2.75) is 25.8 Å². The van der Waals surface area contributed by atoms with E-state index in [4.69, 9.17) is 4.52 Å². The third kappa shape index (κ3) is 2.49. The standard InChI is InChI=1S/C15H17N7O3/c1-9-11-12(18-20(2)14(23)13(11)19-25-9)15(24)21-5-3-4-10(6-21)22-8-16-7-17-22/h7-8,10H,3-6H2,1-2H3. The summed E-state index contributed by atoms with van der Waals surface area (Å²) in [5, 5.41) is 12.5. The lowest BCUT2D eigenvalue weighted by molar-refractivity contribution is 0.0666. The molecule has 0 aliphatic carbocycles. The molecule has 1 aliphatic heterocycles. The van der Waals surface area contributed by atoms with E-state index < -0.39 is 0 Å². The molecule has 0 radical (unpaired) electrons. The number of likely N-dealkylation sites (tertiary alicyclic amines) is 1. The molecule has 1 fully saturated rings. The lowest BCUT2D eigenvalue weighted by atomic mass is 10.0. The van der Waals surface area contributed by atoms with Gasteiger partial charge in [-0.05, 0) is 19.8 Å². The fourth-order valence-electron chi connectivity index (χ4n) is 3.26. The van der Waals surface area contributed by atoms with Crippen molar-refractivity contribution >= 4 is 16.8 Å². The van der Waals surface area contributed by atoms with Crippen LogP contribution in [0.3, 0.4) is 0 Å². The summed E-state index contributed by atoms with van der Waals surface area (Å²) >= 11 is 0. The molecule has 4 rings (SSSR count). The molecule has 1 aliphatic rings. The molecule has 0 spiro atoms. The quantitative estimate of drug-likeness (QED) is 0.657. The smallest absolute Gasteiger partial charge is 0.296 e. The highest BCUT2D eigenvalue weighted by Crippen LogP contribution is 2.24. The molecule has 0 N–H and O–H groups in total. The fourth-order valence-corrected chi connectivity index (χ4v) is 3.26. The number of hydrogen-bond acceptors (Lipinski definition) is 7. The Kier molecular flexibility index (Phi) is 3.59. The van der Waals surface area contributed by atoms with Crippen LogP contribution in [0.4, 0.5) is 0 Å².